The van der Waals surface area contributed by atoms with Gasteiger partial charge in [-0.25, -0.2) is 0 Å². The van der Waals surface area contributed by atoms with E-state index in [0.717, 1.165) is 0 Å². The maximum absolute atomic E-state index is 10.8. The predicted octanol–water partition coefficient (Wildman–Crippen LogP) is 0.145. The third kappa shape index (κ3) is 0.978. The van der Waals surface area contributed by atoms with Gasteiger partial charge in [0.15, 0.2) is 5.78 Å². The Morgan fingerprint density at radius 1 is 1.50 bits per heavy atom. The van der Waals surface area contributed by atoms with Crippen LogP contribution in [0.15, 0.2) is 23.9 Å². The minimum atomic E-state index is -0.398. The van der Waals surface area contributed by atoms with Gasteiger partial charge in [0.05, 0.1) is 5.57 Å². The molecule has 0 bridgehead atoms. The lowest BCUT2D eigenvalue weighted by atomic mass is 10.1. The van der Waals surface area contributed by atoms with Gasteiger partial charge in [-0.1, -0.05) is 6.58 Å². The second kappa shape index (κ2) is 2.10. The summed E-state index contributed by atoms with van der Waals surface area (Å²) in [6, 6.07) is 0. The summed E-state index contributed by atoms with van der Waals surface area (Å²) in [6.45, 7) is 4.96. The highest BCUT2D eigenvalue weighted by molar-refractivity contribution is 6.25. The van der Waals surface area contributed by atoms with E-state index in [2.05, 4.69) is 11.9 Å². The normalized spacial score (nSPS) is 18.5. The van der Waals surface area contributed by atoms with Crippen LogP contribution < -0.4 is 5.32 Å². The summed E-state index contributed by atoms with van der Waals surface area (Å²) < 4.78 is 0. The van der Waals surface area contributed by atoms with Crippen LogP contribution in [0.25, 0.3) is 0 Å². The van der Waals surface area contributed by atoms with Crippen LogP contribution in [-0.2, 0) is 9.59 Å². The molecule has 1 amide bonds. The van der Waals surface area contributed by atoms with Gasteiger partial charge < -0.3 is 5.32 Å². The molecule has 0 spiro atoms. The molecule has 0 aromatic carbocycles. The number of allylic oxidation sites excluding steroid dienone is 2. The van der Waals surface area contributed by atoms with E-state index in [-0.39, 0.29) is 11.4 Å². The molecule has 10 heavy (non-hydrogen) atoms. The first-order valence-corrected chi connectivity index (χ1v) is 2.84. The van der Waals surface area contributed by atoms with Crippen LogP contribution in [0.5, 0.6) is 0 Å². The van der Waals surface area contributed by atoms with Gasteiger partial charge in [0.1, 0.15) is 0 Å². The first-order chi connectivity index (χ1) is 4.61. The van der Waals surface area contributed by atoms with Gasteiger partial charge >= 0.3 is 0 Å². The molecule has 0 unspecified atom stereocenters. The summed E-state index contributed by atoms with van der Waals surface area (Å²) in [7, 11) is 0. The van der Waals surface area contributed by atoms with E-state index in [1.807, 2.05) is 0 Å². The SMILES string of the molecule is C=C1C(=O)C=C(C)NC1=O. The number of ketones is 1. The smallest absolute Gasteiger partial charge is 0.258 e. The highest BCUT2D eigenvalue weighted by Crippen LogP contribution is 2.04. The van der Waals surface area contributed by atoms with Gasteiger partial charge in [-0.3, -0.25) is 9.59 Å². The van der Waals surface area contributed by atoms with Gasteiger partial charge in [-0.2, -0.15) is 0 Å². The van der Waals surface area contributed by atoms with Crippen molar-refractivity contribution in [1.82, 2.24) is 5.32 Å². The summed E-state index contributed by atoms with van der Waals surface area (Å²) >= 11 is 0. The summed E-state index contributed by atoms with van der Waals surface area (Å²) in [4.78, 5) is 21.5. The summed E-state index contributed by atoms with van der Waals surface area (Å²) in [5.74, 6) is -0.703. The van der Waals surface area contributed by atoms with E-state index in [9.17, 15) is 9.59 Å². The van der Waals surface area contributed by atoms with E-state index in [0.29, 0.717) is 5.70 Å². The Balaban J connectivity index is 3.01. The van der Waals surface area contributed by atoms with Crippen LogP contribution in [0, 0.1) is 0 Å². The molecule has 3 heteroatoms. The molecule has 0 atom stereocenters. The Bertz CT molecular complexity index is 250. The Morgan fingerprint density at radius 2 is 2.10 bits per heavy atom. The zero-order valence-corrected chi connectivity index (χ0v) is 5.60. The number of hydrogen-bond donors (Lipinski definition) is 1. The minimum Gasteiger partial charge on any atom is -0.326 e. The lowest BCUT2D eigenvalue weighted by Gasteiger charge is -2.10. The zero-order chi connectivity index (χ0) is 7.72. The van der Waals surface area contributed by atoms with Crippen LogP contribution in [-0.4, -0.2) is 11.7 Å². The van der Waals surface area contributed by atoms with Gasteiger partial charge in [0.25, 0.3) is 5.91 Å². The molecule has 52 valence electrons. The molecular weight excluding hydrogens is 130 g/mol. The standard InChI is InChI=1S/C7H7NO2/c1-4-3-6(9)5(2)7(10)8-4/h3H,2H2,1H3,(H,8,10). The monoisotopic (exact) mass is 137 g/mol. The number of rotatable bonds is 0. The van der Waals surface area contributed by atoms with Crippen molar-refractivity contribution >= 4 is 11.7 Å². The highest BCUT2D eigenvalue weighted by atomic mass is 16.2. The topological polar surface area (TPSA) is 46.2 Å². The Labute approximate surface area is 58.4 Å². The predicted molar refractivity (Wildman–Crippen MR) is 36.0 cm³/mol. The lowest BCUT2D eigenvalue weighted by molar-refractivity contribution is -0.121. The molecule has 3 nitrogen and oxygen atoms in total. The first-order valence-electron chi connectivity index (χ1n) is 2.84. The average molecular weight is 137 g/mol. The largest absolute Gasteiger partial charge is 0.326 e. The molecule has 0 saturated heterocycles. The molecule has 0 aliphatic carbocycles. The van der Waals surface area contributed by atoms with E-state index in [4.69, 9.17) is 0 Å². The fraction of sp³-hybridized carbons (Fsp3) is 0.143. The van der Waals surface area contributed by atoms with Crippen LogP contribution in [0.3, 0.4) is 0 Å². The Morgan fingerprint density at radius 3 is 2.60 bits per heavy atom. The molecular formula is C7H7NO2. The van der Waals surface area contributed by atoms with E-state index in [1.54, 1.807) is 6.92 Å². The molecule has 0 aromatic heterocycles. The zero-order valence-electron chi connectivity index (χ0n) is 5.60. The van der Waals surface area contributed by atoms with Crippen molar-refractivity contribution in [1.29, 1.82) is 0 Å². The fourth-order valence-electron chi connectivity index (χ4n) is 0.686. The molecule has 0 saturated carbocycles. The van der Waals surface area contributed by atoms with Crippen LogP contribution >= 0.6 is 0 Å². The summed E-state index contributed by atoms with van der Waals surface area (Å²) in [6.07, 6.45) is 1.35. The number of nitrogens with one attached hydrogen (secondary N) is 1. The third-order valence-corrected chi connectivity index (χ3v) is 1.23. The number of carbonyl (C=O) groups excluding carboxylic acids is 2. The molecule has 1 rings (SSSR count). The summed E-state index contributed by atoms with van der Waals surface area (Å²) in [5.41, 5.74) is 0.577. The van der Waals surface area contributed by atoms with Crippen molar-refractivity contribution in [2.24, 2.45) is 0 Å². The second-order valence-corrected chi connectivity index (χ2v) is 2.12. The third-order valence-electron chi connectivity index (χ3n) is 1.23. The number of amides is 1. The second-order valence-electron chi connectivity index (χ2n) is 2.12. The Hall–Kier alpha value is -1.38. The molecule has 0 aromatic rings. The van der Waals surface area contributed by atoms with Gasteiger partial charge in [0.2, 0.25) is 0 Å². The van der Waals surface area contributed by atoms with Crippen molar-refractivity contribution in [3.05, 3.63) is 23.9 Å². The van der Waals surface area contributed by atoms with Gasteiger partial charge in [0, 0.05) is 11.8 Å². The van der Waals surface area contributed by atoms with Crippen LogP contribution in [0.2, 0.25) is 0 Å². The molecule has 0 fully saturated rings. The van der Waals surface area contributed by atoms with E-state index < -0.39 is 5.91 Å². The van der Waals surface area contributed by atoms with Gasteiger partial charge in [-0.15, -0.1) is 0 Å². The maximum Gasteiger partial charge on any atom is 0.258 e. The molecule has 1 aliphatic rings. The molecule has 1 aliphatic heterocycles. The quantitative estimate of drug-likeness (QED) is 0.381. The fourth-order valence-corrected chi connectivity index (χ4v) is 0.686. The highest BCUT2D eigenvalue weighted by Gasteiger charge is 2.18. The van der Waals surface area contributed by atoms with Crippen molar-refractivity contribution in [3.8, 4) is 0 Å². The van der Waals surface area contributed by atoms with Crippen LogP contribution in [0.4, 0.5) is 0 Å². The lowest BCUT2D eigenvalue weighted by Crippen LogP contribution is -2.30. The molecule has 1 heterocycles. The maximum atomic E-state index is 10.8. The van der Waals surface area contributed by atoms with Crippen molar-refractivity contribution in [3.63, 3.8) is 0 Å². The van der Waals surface area contributed by atoms with Crippen LogP contribution in [0.1, 0.15) is 6.92 Å². The Kier molecular flexibility index (Phi) is 1.41. The number of hydrogen-bond acceptors (Lipinski definition) is 2. The van der Waals surface area contributed by atoms with E-state index >= 15 is 0 Å². The number of carbonyl (C=O) groups is 2. The minimum absolute atomic E-state index is 0.00519. The molecule has 0 radical (unpaired) electrons. The molecule has 1 N–H and O–H groups in total. The van der Waals surface area contributed by atoms with Crippen molar-refractivity contribution in [2.45, 2.75) is 6.92 Å². The van der Waals surface area contributed by atoms with Gasteiger partial charge in [-0.05, 0) is 6.92 Å². The summed E-state index contributed by atoms with van der Waals surface area (Å²) in [5, 5.41) is 2.46. The van der Waals surface area contributed by atoms with E-state index in [1.165, 1.54) is 6.08 Å². The first kappa shape index (κ1) is 6.74. The van der Waals surface area contributed by atoms with Crippen molar-refractivity contribution < 1.29 is 9.59 Å². The average Bonchev–Trinajstić information content (AvgIpc) is 1.82. The van der Waals surface area contributed by atoms with Crippen molar-refractivity contribution in [2.75, 3.05) is 0 Å².